The second-order valence-electron chi connectivity index (χ2n) is 4.31. The summed E-state index contributed by atoms with van der Waals surface area (Å²) in [7, 11) is 0. The van der Waals surface area contributed by atoms with Gasteiger partial charge in [0.15, 0.2) is 0 Å². The van der Waals surface area contributed by atoms with E-state index in [1.165, 1.54) is 0 Å². The predicted molar refractivity (Wildman–Crippen MR) is 67.8 cm³/mol. The molecule has 1 saturated carbocycles. The van der Waals surface area contributed by atoms with Crippen molar-refractivity contribution in [3.63, 3.8) is 0 Å². The topological polar surface area (TPSA) is 75.1 Å². The Balaban J connectivity index is 2.33. The summed E-state index contributed by atoms with van der Waals surface area (Å²) in [4.78, 5) is 24.5. The number of rotatable bonds is 3. The van der Waals surface area contributed by atoms with Crippen LogP contribution >= 0.6 is 11.8 Å². The van der Waals surface area contributed by atoms with E-state index in [1.807, 2.05) is 4.98 Å². The van der Waals surface area contributed by atoms with Gasteiger partial charge in [-0.15, -0.1) is 0 Å². The molecule has 0 bridgehead atoms. The molecule has 1 aliphatic rings. The monoisotopic (exact) mass is 274 g/mol. The van der Waals surface area contributed by atoms with E-state index in [0.29, 0.717) is 18.1 Å². The Hall–Kier alpha value is -1.24. The summed E-state index contributed by atoms with van der Waals surface area (Å²) in [5, 5.41) is 10.0. The highest BCUT2D eigenvalue weighted by molar-refractivity contribution is 7.99. The minimum absolute atomic E-state index is 0.243. The zero-order valence-electron chi connectivity index (χ0n) is 9.98. The lowest BCUT2D eigenvalue weighted by atomic mass is 10.2. The fourth-order valence-corrected chi connectivity index (χ4v) is 3.53. The Morgan fingerprint density at radius 3 is 2.89 bits per heavy atom. The molecule has 1 fully saturated rings. The van der Waals surface area contributed by atoms with Gasteiger partial charge in [-0.05, 0) is 25.0 Å². The molecule has 0 saturated heterocycles. The number of nitrogens with zero attached hydrogens (tertiary/aromatic N) is 1. The first kappa shape index (κ1) is 13.2. The molecule has 0 spiro atoms. The summed E-state index contributed by atoms with van der Waals surface area (Å²) in [5.41, 5.74) is -1.92. The van der Waals surface area contributed by atoms with Crippen LogP contribution in [0.2, 0.25) is 0 Å². The third-order valence-corrected chi connectivity index (χ3v) is 4.42. The molecule has 1 aromatic rings. The van der Waals surface area contributed by atoms with E-state index in [9.17, 15) is 19.1 Å². The number of nitrogens with one attached hydrogen (secondary N) is 1. The van der Waals surface area contributed by atoms with Crippen molar-refractivity contribution in [2.75, 3.05) is 5.75 Å². The maximum absolute atomic E-state index is 13.3. The largest absolute Gasteiger partial charge is 0.492 e. The number of hydrogen-bond donors (Lipinski definition) is 2. The molecule has 2 unspecified atom stereocenters. The van der Waals surface area contributed by atoms with E-state index in [0.717, 1.165) is 16.7 Å². The zero-order chi connectivity index (χ0) is 13.3. The lowest BCUT2D eigenvalue weighted by molar-refractivity contribution is 0.332. The number of aromatic hydroxyl groups is 1. The number of H-pyrrole nitrogens is 1. The van der Waals surface area contributed by atoms with Crippen LogP contribution in [0.15, 0.2) is 9.59 Å². The molecule has 0 amide bonds. The van der Waals surface area contributed by atoms with Gasteiger partial charge in [-0.2, -0.15) is 16.2 Å². The highest BCUT2D eigenvalue weighted by Crippen LogP contribution is 2.37. The van der Waals surface area contributed by atoms with Gasteiger partial charge in [-0.3, -0.25) is 14.3 Å². The first-order chi connectivity index (χ1) is 8.54. The smallest absolute Gasteiger partial charge is 0.331 e. The van der Waals surface area contributed by atoms with Gasteiger partial charge < -0.3 is 5.11 Å². The average molecular weight is 274 g/mol. The highest BCUT2D eigenvalue weighted by atomic mass is 32.2. The Labute approximate surface area is 107 Å². The van der Waals surface area contributed by atoms with Crippen molar-refractivity contribution in [3.05, 3.63) is 26.7 Å². The second-order valence-corrected chi connectivity index (χ2v) is 5.89. The minimum atomic E-state index is -1.29. The number of aromatic amines is 1. The van der Waals surface area contributed by atoms with E-state index >= 15 is 0 Å². The number of aromatic nitrogens is 2. The normalized spacial score (nSPS) is 23.4. The SMILES string of the molecule is CCSC1CCC(n2c(O)c(F)c(=O)[nH]c2=O)C1. The quantitative estimate of drug-likeness (QED) is 0.869. The number of hydrogen-bond acceptors (Lipinski definition) is 4. The van der Waals surface area contributed by atoms with Crippen LogP contribution in [0.3, 0.4) is 0 Å². The van der Waals surface area contributed by atoms with Gasteiger partial charge in [-0.1, -0.05) is 6.92 Å². The van der Waals surface area contributed by atoms with E-state index in [-0.39, 0.29) is 6.04 Å². The zero-order valence-corrected chi connectivity index (χ0v) is 10.8. The summed E-state index contributed by atoms with van der Waals surface area (Å²) >= 11 is 1.79. The molecule has 1 aliphatic carbocycles. The molecule has 18 heavy (non-hydrogen) atoms. The molecule has 0 aliphatic heterocycles. The summed E-state index contributed by atoms with van der Waals surface area (Å²) < 4.78 is 14.3. The maximum Gasteiger partial charge on any atom is 0.331 e. The van der Waals surface area contributed by atoms with Crippen LogP contribution in [0.4, 0.5) is 4.39 Å². The van der Waals surface area contributed by atoms with Crippen LogP contribution in [0.1, 0.15) is 32.2 Å². The summed E-state index contributed by atoms with van der Waals surface area (Å²) in [6, 6.07) is -0.243. The number of halogens is 1. The van der Waals surface area contributed by atoms with Crippen LogP contribution < -0.4 is 11.2 Å². The lowest BCUT2D eigenvalue weighted by Gasteiger charge is -2.15. The van der Waals surface area contributed by atoms with Gasteiger partial charge in [0, 0.05) is 11.3 Å². The van der Waals surface area contributed by atoms with E-state index in [4.69, 9.17) is 0 Å². The molecular weight excluding hydrogens is 259 g/mol. The van der Waals surface area contributed by atoms with Crippen LogP contribution in [-0.2, 0) is 0 Å². The predicted octanol–water partition coefficient (Wildman–Crippen LogP) is 1.23. The van der Waals surface area contributed by atoms with E-state index < -0.39 is 22.9 Å². The van der Waals surface area contributed by atoms with Gasteiger partial charge in [0.1, 0.15) is 0 Å². The lowest BCUT2D eigenvalue weighted by Crippen LogP contribution is -2.33. The molecule has 2 N–H and O–H groups in total. The average Bonchev–Trinajstić information content (AvgIpc) is 2.75. The minimum Gasteiger partial charge on any atom is -0.492 e. The molecule has 5 nitrogen and oxygen atoms in total. The van der Waals surface area contributed by atoms with Crippen LogP contribution in [0.25, 0.3) is 0 Å². The molecule has 0 radical (unpaired) electrons. The summed E-state index contributed by atoms with van der Waals surface area (Å²) in [6.07, 6.45) is 2.34. The molecule has 7 heteroatoms. The van der Waals surface area contributed by atoms with Crippen LogP contribution in [0, 0.1) is 5.82 Å². The summed E-state index contributed by atoms with van der Waals surface area (Å²) in [5.74, 6) is -1.16. The van der Waals surface area contributed by atoms with E-state index in [1.54, 1.807) is 11.8 Å². The van der Waals surface area contributed by atoms with Crippen LogP contribution in [0.5, 0.6) is 5.88 Å². The number of thioether (sulfide) groups is 1. The van der Waals surface area contributed by atoms with Crippen molar-refractivity contribution >= 4 is 11.8 Å². The Kier molecular flexibility index (Phi) is 3.79. The van der Waals surface area contributed by atoms with Gasteiger partial charge in [0.25, 0.3) is 5.56 Å². The Morgan fingerprint density at radius 2 is 2.22 bits per heavy atom. The van der Waals surface area contributed by atoms with Crippen molar-refractivity contribution in [2.45, 2.75) is 37.5 Å². The maximum atomic E-state index is 13.3. The first-order valence-corrected chi connectivity index (χ1v) is 6.94. The summed E-state index contributed by atoms with van der Waals surface area (Å²) in [6.45, 7) is 2.06. The standard InChI is InChI=1S/C11H15FN2O3S/c1-2-18-7-4-3-6(5-7)14-10(16)8(12)9(15)13-11(14)17/h6-7,16H,2-5H2,1H3,(H,13,15,17). The third kappa shape index (κ3) is 2.31. The Morgan fingerprint density at radius 1 is 1.50 bits per heavy atom. The molecule has 100 valence electrons. The van der Waals surface area contributed by atoms with Crippen molar-refractivity contribution in [1.82, 2.24) is 9.55 Å². The van der Waals surface area contributed by atoms with E-state index in [2.05, 4.69) is 6.92 Å². The van der Waals surface area contributed by atoms with Crippen LogP contribution in [-0.4, -0.2) is 25.7 Å². The third-order valence-electron chi connectivity index (χ3n) is 3.19. The molecule has 1 heterocycles. The molecule has 2 atom stereocenters. The molecule has 0 aromatic carbocycles. The van der Waals surface area contributed by atoms with Gasteiger partial charge in [-0.25, -0.2) is 4.79 Å². The highest BCUT2D eigenvalue weighted by Gasteiger charge is 2.29. The van der Waals surface area contributed by atoms with Crippen molar-refractivity contribution < 1.29 is 9.50 Å². The van der Waals surface area contributed by atoms with Crippen molar-refractivity contribution in [2.24, 2.45) is 0 Å². The Bertz CT molecular complexity index is 554. The fraction of sp³-hybridized carbons (Fsp3) is 0.636. The van der Waals surface area contributed by atoms with Crippen molar-refractivity contribution in [3.8, 4) is 5.88 Å². The fourth-order valence-electron chi connectivity index (χ4n) is 2.39. The second kappa shape index (κ2) is 5.17. The van der Waals surface area contributed by atoms with Crippen molar-refractivity contribution in [1.29, 1.82) is 0 Å². The van der Waals surface area contributed by atoms with Gasteiger partial charge in [0.05, 0.1) is 0 Å². The molecule has 1 aromatic heterocycles. The van der Waals surface area contributed by atoms with Gasteiger partial charge in [0.2, 0.25) is 11.7 Å². The molecular formula is C11H15FN2O3S. The first-order valence-electron chi connectivity index (χ1n) is 5.89. The molecule has 2 rings (SSSR count). The van der Waals surface area contributed by atoms with Gasteiger partial charge >= 0.3 is 5.69 Å².